The molecule has 5 aromatic rings. The van der Waals surface area contributed by atoms with Gasteiger partial charge >= 0.3 is 0 Å². The molecule has 0 atom stereocenters. The first-order valence-electron chi connectivity index (χ1n) is 11.2. The lowest BCUT2D eigenvalue weighted by Gasteiger charge is -2.04. The van der Waals surface area contributed by atoms with E-state index in [1.165, 1.54) is 12.1 Å². The molecule has 0 saturated carbocycles. The van der Waals surface area contributed by atoms with E-state index in [4.69, 9.17) is 0 Å². The number of hydrogen-bond donors (Lipinski definition) is 1. The van der Waals surface area contributed by atoms with Gasteiger partial charge in [0.05, 0.1) is 11.3 Å². The van der Waals surface area contributed by atoms with Gasteiger partial charge in [0.1, 0.15) is 11.5 Å². The number of aryl methyl sites for hydroxylation is 3. The van der Waals surface area contributed by atoms with Gasteiger partial charge in [-0.15, -0.1) is 0 Å². The van der Waals surface area contributed by atoms with E-state index in [2.05, 4.69) is 20.5 Å². The van der Waals surface area contributed by atoms with Crippen molar-refractivity contribution in [2.45, 2.75) is 19.9 Å². The quantitative estimate of drug-likeness (QED) is 0.363. The number of rotatable bonds is 7. The molecule has 174 valence electrons. The lowest BCUT2D eigenvalue weighted by molar-refractivity contribution is 0.102. The molecule has 0 saturated heterocycles. The maximum Gasteiger partial charge on any atom is 0.260 e. The predicted molar refractivity (Wildman–Crippen MR) is 132 cm³/mol. The summed E-state index contributed by atoms with van der Waals surface area (Å²) in [4.78, 5) is 17.3. The minimum Gasteiger partial charge on any atom is -0.305 e. The van der Waals surface area contributed by atoms with Gasteiger partial charge in [0.2, 0.25) is 0 Å². The first kappa shape index (κ1) is 22.2. The molecule has 0 aliphatic rings. The molecule has 3 heterocycles. The van der Waals surface area contributed by atoms with Crippen molar-refractivity contribution in [3.8, 4) is 16.9 Å². The summed E-state index contributed by atoms with van der Waals surface area (Å²) in [7, 11) is 0. The van der Waals surface area contributed by atoms with Crippen LogP contribution in [0.1, 0.15) is 21.5 Å². The minimum absolute atomic E-state index is 0.325. The van der Waals surface area contributed by atoms with Crippen molar-refractivity contribution in [1.82, 2.24) is 24.5 Å². The lowest BCUT2D eigenvalue weighted by atomic mass is 10.1. The Morgan fingerprint density at radius 3 is 2.57 bits per heavy atom. The zero-order chi connectivity index (χ0) is 24.2. The van der Waals surface area contributed by atoms with Crippen molar-refractivity contribution in [3.63, 3.8) is 0 Å². The Kier molecular flexibility index (Phi) is 6.17. The second-order valence-electron chi connectivity index (χ2n) is 8.21. The Morgan fingerprint density at radius 1 is 1.00 bits per heavy atom. The van der Waals surface area contributed by atoms with Crippen LogP contribution in [0.15, 0.2) is 91.5 Å². The van der Waals surface area contributed by atoms with Crippen molar-refractivity contribution >= 4 is 11.7 Å². The number of benzene rings is 2. The Balaban J connectivity index is 1.39. The number of nitrogens with zero attached hydrogens (tertiary/aromatic N) is 5. The summed E-state index contributed by atoms with van der Waals surface area (Å²) in [6, 6.07) is 19.5. The first-order chi connectivity index (χ1) is 17.0. The van der Waals surface area contributed by atoms with E-state index in [9.17, 15) is 9.18 Å². The van der Waals surface area contributed by atoms with Crippen LogP contribution >= 0.6 is 0 Å². The van der Waals surface area contributed by atoms with Gasteiger partial charge in [0, 0.05) is 43.0 Å². The molecule has 0 spiro atoms. The number of aromatic nitrogens is 5. The molecule has 0 fully saturated rings. The van der Waals surface area contributed by atoms with Crippen LogP contribution in [-0.2, 0) is 13.0 Å². The summed E-state index contributed by atoms with van der Waals surface area (Å²) >= 11 is 0. The highest BCUT2D eigenvalue weighted by molar-refractivity contribution is 6.07. The van der Waals surface area contributed by atoms with E-state index in [0.717, 1.165) is 23.1 Å². The van der Waals surface area contributed by atoms with Gasteiger partial charge < -0.3 is 5.32 Å². The van der Waals surface area contributed by atoms with E-state index in [1.807, 2.05) is 49.5 Å². The van der Waals surface area contributed by atoms with Crippen LogP contribution in [0, 0.1) is 12.7 Å². The van der Waals surface area contributed by atoms with Gasteiger partial charge in [0.15, 0.2) is 5.82 Å². The van der Waals surface area contributed by atoms with Crippen LogP contribution in [0.3, 0.4) is 0 Å². The molecule has 2 aromatic carbocycles. The Bertz CT molecular complexity index is 1460. The normalized spacial score (nSPS) is 10.9. The average Bonchev–Trinajstić information content (AvgIpc) is 3.51. The Labute approximate surface area is 201 Å². The standard InChI is InChI=1S/C27H23FN6O/c1-19-3-2-4-21(17-19)26-24(18-34(32-26)23-7-5-22(28)6-8-23)27(35)30-25-12-16-33(31-25)15-11-20-9-13-29-14-10-20/h2-10,12-14,16-18H,11,15H2,1H3,(H,30,31,35). The van der Waals surface area contributed by atoms with Gasteiger partial charge in [-0.05, 0) is 61.4 Å². The topological polar surface area (TPSA) is 77.6 Å². The van der Waals surface area contributed by atoms with Crippen LogP contribution in [0.2, 0.25) is 0 Å². The Morgan fingerprint density at radius 2 is 1.80 bits per heavy atom. The van der Waals surface area contributed by atoms with Gasteiger partial charge in [-0.3, -0.25) is 14.5 Å². The summed E-state index contributed by atoms with van der Waals surface area (Å²) in [6.45, 7) is 2.66. The van der Waals surface area contributed by atoms with E-state index in [0.29, 0.717) is 29.3 Å². The first-order valence-corrected chi connectivity index (χ1v) is 11.2. The van der Waals surface area contributed by atoms with Crippen molar-refractivity contribution < 1.29 is 9.18 Å². The molecule has 8 heteroatoms. The molecule has 0 aliphatic carbocycles. The fourth-order valence-corrected chi connectivity index (χ4v) is 3.80. The number of carbonyl (C=O) groups is 1. The lowest BCUT2D eigenvalue weighted by Crippen LogP contribution is -2.13. The SMILES string of the molecule is Cc1cccc(-c2nn(-c3ccc(F)cc3)cc2C(=O)Nc2ccn(CCc3ccncc3)n2)c1. The van der Waals surface area contributed by atoms with Gasteiger partial charge in [0.25, 0.3) is 5.91 Å². The number of halogens is 1. The van der Waals surface area contributed by atoms with E-state index >= 15 is 0 Å². The average molecular weight is 467 g/mol. The summed E-state index contributed by atoms with van der Waals surface area (Å²) < 4.78 is 16.8. The highest BCUT2D eigenvalue weighted by Gasteiger charge is 2.20. The smallest absolute Gasteiger partial charge is 0.260 e. The van der Waals surface area contributed by atoms with Crippen LogP contribution in [-0.4, -0.2) is 30.5 Å². The zero-order valence-corrected chi connectivity index (χ0v) is 19.1. The van der Waals surface area contributed by atoms with E-state index in [1.54, 1.807) is 46.2 Å². The molecule has 35 heavy (non-hydrogen) atoms. The van der Waals surface area contributed by atoms with E-state index in [-0.39, 0.29) is 11.7 Å². The van der Waals surface area contributed by atoms with Crippen LogP contribution in [0.25, 0.3) is 16.9 Å². The molecule has 3 aromatic heterocycles. The predicted octanol–water partition coefficient (Wildman–Crippen LogP) is 5.07. The molecule has 0 unspecified atom stereocenters. The molecular formula is C27H23FN6O. The zero-order valence-electron chi connectivity index (χ0n) is 19.1. The number of carbonyl (C=O) groups excluding carboxylic acids is 1. The minimum atomic E-state index is -0.336. The second kappa shape index (κ2) is 9.72. The van der Waals surface area contributed by atoms with Gasteiger partial charge in [-0.2, -0.15) is 10.2 Å². The summed E-state index contributed by atoms with van der Waals surface area (Å²) in [5.41, 5.74) is 4.62. The van der Waals surface area contributed by atoms with Crippen molar-refractivity contribution in [2.24, 2.45) is 0 Å². The largest absolute Gasteiger partial charge is 0.305 e. The maximum absolute atomic E-state index is 13.4. The monoisotopic (exact) mass is 466 g/mol. The molecule has 0 aliphatic heterocycles. The third-order valence-corrected chi connectivity index (χ3v) is 5.60. The molecule has 0 bridgehead atoms. The third-order valence-electron chi connectivity index (χ3n) is 5.60. The molecule has 0 radical (unpaired) electrons. The van der Waals surface area contributed by atoms with Crippen molar-refractivity contribution in [3.05, 3.63) is 114 Å². The molecular weight excluding hydrogens is 443 g/mol. The van der Waals surface area contributed by atoms with Crippen molar-refractivity contribution in [1.29, 1.82) is 0 Å². The number of hydrogen-bond acceptors (Lipinski definition) is 4. The fraction of sp³-hybridized carbons (Fsp3) is 0.111. The van der Waals surface area contributed by atoms with Gasteiger partial charge in [-0.25, -0.2) is 9.07 Å². The Hall–Kier alpha value is -4.59. The number of anilines is 1. The molecule has 5 rings (SSSR count). The highest BCUT2D eigenvalue weighted by Crippen LogP contribution is 2.25. The van der Waals surface area contributed by atoms with Crippen LogP contribution < -0.4 is 5.32 Å². The van der Waals surface area contributed by atoms with Crippen LogP contribution in [0.5, 0.6) is 0 Å². The second-order valence-corrected chi connectivity index (χ2v) is 8.21. The van der Waals surface area contributed by atoms with E-state index < -0.39 is 0 Å². The third kappa shape index (κ3) is 5.16. The van der Waals surface area contributed by atoms with Crippen molar-refractivity contribution in [2.75, 3.05) is 5.32 Å². The number of pyridine rings is 1. The highest BCUT2D eigenvalue weighted by atomic mass is 19.1. The molecule has 7 nitrogen and oxygen atoms in total. The molecule has 1 amide bonds. The fourth-order valence-electron chi connectivity index (χ4n) is 3.80. The molecule has 1 N–H and O–H groups in total. The number of nitrogens with one attached hydrogen (secondary N) is 1. The maximum atomic E-state index is 13.4. The van der Waals surface area contributed by atoms with Crippen LogP contribution in [0.4, 0.5) is 10.2 Å². The summed E-state index contributed by atoms with van der Waals surface area (Å²) in [5.74, 6) is -0.207. The number of amides is 1. The van der Waals surface area contributed by atoms with Gasteiger partial charge in [-0.1, -0.05) is 23.8 Å². The summed E-state index contributed by atoms with van der Waals surface area (Å²) in [6.07, 6.45) is 7.82. The summed E-state index contributed by atoms with van der Waals surface area (Å²) in [5, 5.41) is 12.0.